The molecule has 0 spiro atoms. The quantitative estimate of drug-likeness (QED) is 0.670. The van der Waals surface area contributed by atoms with Crippen molar-refractivity contribution in [2.75, 3.05) is 13.7 Å². The molecule has 5 nitrogen and oxygen atoms in total. The minimum Gasteiger partial charge on any atom is -0.372 e. The molecule has 0 bridgehead atoms. The Morgan fingerprint density at radius 3 is 2.93 bits per heavy atom. The maximum Gasteiger partial charge on any atom is 0.313 e. The smallest absolute Gasteiger partial charge is 0.313 e. The Labute approximate surface area is 82.7 Å². The minimum atomic E-state index is -0.475. The monoisotopic (exact) mass is 199 g/mol. The Morgan fingerprint density at radius 1 is 1.64 bits per heavy atom. The number of hydrogen-bond donors (Lipinski definition) is 1. The van der Waals surface area contributed by atoms with E-state index in [1.165, 1.54) is 7.11 Å². The minimum absolute atomic E-state index is 0.258. The Morgan fingerprint density at radius 2 is 2.36 bits per heavy atom. The van der Waals surface area contributed by atoms with E-state index in [4.69, 9.17) is 10.5 Å². The molecule has 0 aromatic carbocycles. The Bertz CT molecular complexity index is 273. The summed E-state index contributed by atoms with van der Waals surface area (Å²) in [6.07, 6.45) is 4.92. The van der Waals surface area contributed by atoms with Crippen LogP contribution < -0.4 is 5.73 Å². The molecular weight excluding hydrogens is 184 g/mol. The van der Waals surface area contributed by atoms with Crippen LogP contribution >= 0.6 is 0 Å². The predicted octanol–water partition coefficient (Wildman–Crippen LogP) is 0.513. The normalized spacial score (nSPS) is 25.8. The molecule has 2 atom stereocenters. The summed E-state index contributed by atoms with van der Waals surface area (Å²) in [6.45, 7) is 2.44. The van der Waals surface area contributed by atoms with Gasteiger partial charge in [-0.2, -0.15) is 0 Å². The lowest BCUT2D eigenvalue weighted by Crippen LogP contribution is -2.41. The van der Waals surface area contributed by atoms with Gasteiger partial charge in [0, 0.05) is 12.7 Å². The third kappa shape index (κ3) is 2.18. The zero-order chi connectivity index (χ0) is 10.6. The molecule has 0 saturated heterocycles. The van der Waals surface area contributed by atoms with Gasteiger partial charge in [-0.3, -0.25) is 0 Å². The number of allylic oxidation sites excluding steroid dienone is 2. The van der Waals surface area contributed by atoms with Crippen LogP contribution in [0.25, 0.3) is 0 Å². The van der Waals surface area contributed by atoms with Crippen LogP contribution in [0, 0.1) is 4.91 Å². The number of nitrogens with two attached hydrogens (primary N) is 1. The fourth-order valence-corrected chi connectivity index (χ4v) is 1.30. The summed E-state index contributed by atoms with van der Waals surface area (Å²) in [5, 5.41) is 0. The maximum absolute atomic E-state index is 11.2. The molecule has 14 heavy (non-hydrogen) atoms. The molecule has 0 amide bonds. The zero-order valence-corrected chi connectivity index (χ0v) is 8.34. The highest BCUT2D eigenvalue weighted by Gasteiger charge is 2.34. The van der Waals surface area contributed by atoms with E-state index in [0.717, 1.165) is 0 Å². The summed E-state index contributed by atoms with van der Waals surface area (Å²) >= 11 is 0. The summed E-state index contributed by atoms with van der Waals surface area (Å²) in [7, 11) is 1.30. The number of nitrogens with zero attached hydrogens (tertiary/aromatic N) is 1. The lowest BCUT2D eigenvalue weighted by Gasteiger charge is -2.19. The maximum atomic E-state index is 11.2. The third-order valence-electron chi connectivity index (χ3n) is 2.00. The molecule has 0 saturated carbocycles. The highest BCUT2D eigenvalue weighted by molar-refractivity contribution is 5.22. The van der Waals surface area contributed by atoms with Crippen LogP contribution in [-0.4, -0.2) is 30.8 Å². The van der Waals surface area contributed by atoms with Crippen molar-refractivity contribution in [2.45, 2.75) is 19.1 Å². The topological polar surface area (TPSA) is 64.6 Å². The molecule has 1 aliphatic rings. The summed E-state index contributed by atoms with van der Waals surface area (Å²) in [5.41, 5.74) is 6.19. The third-order valence-corrected chi connectivity index (χ3v) is 2.00. The van der Waals surface area contributed by atoms with Crippen molar-refractivity contribution in [1.82, 2.24) is 0 Å². The molecular formula is C9H15N2O3+. The molecule has 78 valence electrons. The van der Waals surface area contributed by atoms with Gasteiger partial charge in [0.2, 0.25) is 0 Å². The van der Waals surface area contributed by atoms with Gasteiger partial charge in [0.1, 0.15) is 12.1 Å². The van der Waals surface area contributed by atoms with Crippen LogP contribution in [0.5, 0.6) is 0 Å². The molecule has 2 unspecified atom stereocenters. The van der Waals surface area contributed by atoms with E-state index in [1.54, 1.807) is 12.2 Å². The van der Waals surface area contributed by atoms with Gasteiger partial charge < -0.3 is 10.5 Å². The lowest BCUT2D eigenvalue weighted by atomic mass is 10.0. The van der Waals surface area contributed by atoms with Crippen LogP contribution in [-0.2, 0) is 9.57 Å². The first kappa shape index (κ1) is 10.9. The molecule has 0 aliphatic heterocycles. The highest BCUT2D eigenvalue weighted by atomic mass is 16.8. The average Bonchev–Trinajstić information content (AvgIpc) is 2.20. The molecule has 1 rings (SSSR count). The van der Waals surface area contributed by atoms with Crippen molar-refractivity contribution < 1.29 is 14.5 Å². The molecule has 1 aliphatic carbocycles. The number of rotatable bonds is 4. The second-order valence-electron chi connectivity index (χ2n) is 2.86. The second-order valence-corrected chi connectivity index (χ2v) is 2.86. The van der Waals surface area contributed by atoms with Crippen LogP contribution in [0.2, 0.25) is 0 Å². The SMILES string of the molecule is CCOC1C=CC=C([N+](=O)OC)C1N. The van der Waals surface area contributed by atoms with Crippen LogP contribution in [0.15, 0.2) is 23.9 Å². The zero-order valence-electron chi connectivity index (χ0n) is 8.34. The van der Waals surface area contributed by atoms with Gasteiger partial charge >= 0.3 is 5.70 Å². The lowest BCUT2D eigenvalue weighted by molar-refractivity contribution is -0.763. The molecule has 0 radical (unpaired) electrons. The van der Waals surface area contributed by atoms with E-state index in [2.05, 4.69) is 4.84 Å². The molecule has 2 N–H and O–H groups in total. The van der Waals surface area contributed by atoms with Crippen molar-refractivity contribution in [2.24, 2.45) is 5.73 Å². The van der Waals surface area contributed by atoms with E-state index in [0.29, 0.717) is 17.2 Å². The van der Waals surface area contributed by atoms with Gasteiger partial charge in [-0.15, -0.1) is 0 Å². The Hall–Kier alpha value is -1.20. The number of hydrogen-bond acceptors (Lipinski definition) is 4. The second kappa shape index (κ2) is 4.88. The Balaban J connectivity index is 2.74. The van der Waals surface area contributed by atoms with Gasteiger partial charge in [-0.25, -0.2) is 4.84 Å². The van der Waals surface area contributed by atoms with Crippen LogP contribution in [0.1, 0.15) is 6.92 Å². The molecule has 0 fully saturated rings. The van der Waals surface area contributed by atoms with E-state index in [9.17, 15) is 4.91 Å². The predicted molar refractivity (Wildman–Crippen MR) is 51.2 cm³/mol. The Kier molecular flexibility index (Phi) is 3.79. The first-order valence-corrected chi connectivity index (χ1v) is 4.47. The van der Waals surface area contributed by atoms with Crippen molar-refractivity contribution in [3.8, 4) is 0 Å². The molecule has 0 aromatic rings. The number of ether oxygens (including phenoxy) is 1. The summed E-state index contributed by atoms with van der Waals surface area (Å²) in [6, 6.07) is -0.475. The van der Waals surface area contributed by atoms with Gasteiger partial charge in [0.15, 0.2) is 7.11 Å². The van der Waals surface area contributed by atoms with Crippen LogP contribution in [0.3, 0.4) is 0 Å². The first-order valence-electron chi connectivity index (χ1n) is 4.47. The van der Waals surface area contributed by atoms with Gasteiger partial charge in [-0.05, 0) is 6.92 Å². The molecule has 0 aromatic heterocycles. The van der Waals surface area contributed by atoms with Crippen molar-refractivity contribution in [3.05, 3.63) is 28.8 Å². The average molecular weight is 199 g/mol. The van der Waals surface area contributed by atoms with Crippen molar-refractivity contribution >= 4 is 0 Å². The van der Waals surface area contributed by atoms with E-state index < -0.39 is 6.04 Å². The van der Waals surface area contributed by atoms with E-state index >= 15 is 0 Å². The fourth-order valence-electron chi connectivity index (χ4n) is 1.30. The summed E-state index contributed by atoms with van der Waals surface area (Å²) in [5.74, 6) is 0. The first-order chi connectivity index (χ1) is 6.70. The fraction of sp³-hybridized carbons (Fsp3) is 0.556. The van der Waals surface area contributed by atoms with Gasteiger partial charge in [-0.1, -0.05) is 12.2 Å². The summed E-state index contributed by atoms with van der Waals surface area (Å²) < 4.78 is 5.35. The van der Waals surface area contributed by atoms with Gasteiger partial charge in [0.05, 0.1) is 4.91 Å². The van der Waals surface area contributed by atoms with Gasteiger partial charge in [0.25, 0.3) is 4.92 Å². The largest absolute Gasteiger partial charge is 0.372 e. The highest BCUT2D eigenvalue weighted by Crippen LogP contribution is 2.15. The van der Waals surface area contributed by atoms with Crippen LogP contribution in [0.4, 0.5) is 0 Å². The van der Waals surface area contributed by atoms with Crippen molar-refractivity contribution in [3.63, 3.8) is 0 Å². The van der Waals surface area contributed by atoms with Crippen molar-refractivity contribution in [1.29, 1.82) is 0 Å². The molecule has 5 heteroatoms. The molecule has 0 heterocycles. The van der Waals surface area contributed by atoms with E-state index in [1.807, 2.05) is 13.0 Å². The standard InChI is InChI=1S/C9H15N2O3/c1-3-14-8-6-4-5-7(9(8)10)11(12)13-2/h4-6,8-9H,3,10H2,1-2H3/q+1. The summed E-state index contributed by atoms with van der Waals surface area (Å²) in [4.78, 5) is 16.1. The van der Waals surface area contributed by atoms with E-state index in [-0.39, 0.29) is 6.10 Å².